The first-order valence-electron chi connectivity index (χ1n) is 6.75. The van der Waals surface area contributed by atoms with Crippen LogP contribution < -0.4 is 5.32 Å². The van der Waals surface area contributed by atoms with Crippen LogP contribution in [0, 0.1) is 12.7 Å². The van der Waals surface area contributed by atoms with Gasteiger partial charge in [0, 0.05) is 12.6 Å². The molecule has 0 aliphatic carbocycles. The van der Waals surface area contributed by atoms with Crippen LogP contribution in [0.3, 0.4) is 0 Å². The van der Waals surface area contributed by atoms with E-state index in [1.54, 1.807) is 12.1 Å². The third-order valence-electron chi connectivity index (χ3n) is 3.20. The Morgan fingerprint density at radius 1 is 1.15 bits per heavy atom. The van der Waals surface area contributed by atoms with Crippen molar-refractivity contribution >= 4 is 11.6 Å². The fourth-order valence-electron chi connectivity index (χ4n) is 2.09. The second kappa shape index (κ2) is 6.38. The minimum atomic E-state index is -0.384. The quantitative estimate of drug-likeness (QED) is 0.840. The molecule has 3 heteroatoms. The average molecular weight is 292 g/mol. The first-order chi connectivity index (χ1) is 9.47. The van der Waals surface area contributed by atoms with Crippen LogP contribution in [0.1, 0.15) is 25.0 Å². The summed E-state index contributed by atoms with van der Waals surface area (Å²) >= 11 is 5.89. The molecule has 2 aromatic rings. The molecule has 0 aromatic heterocycles. The number of nitrogens with one attached hydrogen (secondary N) is 1. The van der Waals surface area contributed by atoms with Gasteiger partial charge in [-0.25, -0.2) is 4.39 Å². The predicted molar refractivity (Wildman–Crippen MR) is 83.6 cm³/mol. The lowest BCUT2D eigenvalue weighted by molar-refractivity contribution is 0.589. The van der Waals surface area contributed by atoms with Gasteiger partial charge in [0.15, 0.2) is 0 Å². The molecule has 0 heterocycles. The van der Waals surface area contributed by atoms with Crippen molar-refractivity contribution in [2.24, 2.45) is 0 Å². The lowest BCUT2D eigenvalue weighted by Crippen LogP contribution is -2.22. The molecule has 0 bridgehead atoms. The van der Waals surface area contributed by atoms with Crippen molar-refractivity contribution < 1.29 is 4.39 Å². The van der Waals surface area contributed by atoms with Crippen LogP contribution in [-0.4, -0.2) is 6.04 Å². The molecule has 20 heavy (non-hydrogen) atoms. The van der Waals surface area contributed by atoms with Crippen LogP contribution in [-0.2, 0) is 6.54 Å². The topological polar surface area (TPSA) is 12.0 Å². The van der Waals surface area contributed by atoms with E-state index in [9.17, 15) is 4.39 Å². The predicted octanol–water partition coefficient (Wildman–Crippen LogP) is 4.95. The molecule has 0 radical (unpaired) electrons. The zero-order valence-corrected chi connectivity index (χ0v) is 12.8. The average Bonchev–Trinajstić information content (AvgIpc) is 2.40. The van der Waals surface area contributed by atoms with Gasteiger partial charge in [-0.3, -0.25) is 0 Å². The van der Waals surface area contributed by atoms with Gasteiger partial charge in [0.2, 0.25) is 0 Å². The van der Waals surface area contributed by atoms with Crippen LogP contribution >= 0.6 is 11.6 Å². The zero-order valence-electron chi connectivity index (χ0n) is 12.0. The Bertz CT molecular complexity index is 608. The van der Waals surface area contributed by atoms with E-state index in [0.29, 0.717) is 6.04 Å². The zero-order chi connectivity index (χ0) is 14.7. The lowest BCUT2D eigenvalue weighted by atomic mass is 9.97. The molecular weight excluding hydrogens is 273 g/mol. The van der Waals surface area contributed by atoms with E-state index in [1.807, 2.05) is 6.92 Å². The summed E-state index contributed by atoms with van der Waals surface area (Å²) in [7, 11) is 0. The summed E-state index contributed by atoms with van der Waals surface area (Å²) in [6.45, 7) is 7.06. The Balaban J connectivity index is 2.42. The molecular formula is C17H19ClFN. The van der Waals surface area contributed by atoms with Crippen molar-refractivity contribution in [3.05, 3.63) is 58.4 Å². The number of hydrogen-bond donors (Lipinski definition) is 1. The van der Waals surface area contributed by atoms with Gasteiger partial charge in [-0.1, -0.05) is 55.3 Å². The van der Waals surface area contributed by atoms with Crippen molar-refractivity contribution in [1.82, 2.24) is 5.32 Å². The fourth-order valence-corrected chi connectivity index (χ4v) is 2.27. The van der Waals surface area contributed by atoms with Gasteiger partial charge in [-0.2, -0.15) is 0 Å². The maximum atomic E-state index is 13.3. The number of hydrogen-bond acceptors (Lipinski definition) is 1. The van der Waals surface area contributed by atoms with Gasteiger partial charge in [-0.05, 0) is 35.7 Å². The standard InChI is InChI=1S/C17H19ClFN/c1-11(2)20-10-14-5-4-12(3)8-15(14)13-6-7-17(19)16(18)9-13/h4-9,11,20H,10H2,1-3H3. The number of aryl methyl sites for hydroxylation is 1. The minimum Gasteiger partial charge on any atom is -0.310 e. The molecule has 1 nitrogen and oxygen atoms in total. The van der Waals surface area contributed by atoms with Crippen LogP contribution in [0.25, 0.3) is 11.1 Å². The maximum Gasteiger partial charge on any atom is 0.141 e. The van der Waals surface area contributed by atoms with Crippen molar-refractivity contribution in [2.75, 3.05) is 0 Å². The third-order valence-corrected chi connectivity index (χ3v) is 3.49. The smallest absolute Gasteiger partial charge is 0.141 e. The molecule has 0 saturated carbocycles. The van der Waals surface area contributed by atoms with Crippen LogP contribution in [0.2, 0.25) is 5.02 Å². The molecule has 1 N–H and O–H groups in total. The normalized spacial score (nSPS) is 11.1. The van der Waals surface area contributed by atoms with E-state index in [1.165, 1.54) is 17.2 Å². The summed E-state index contributed by atoms with van der Waals surface area (Å²) in [6, 6.07) is 11.6. The Labute approximate surface area is 124 Å². The van der Waals surface area contributed by atoms with Gasteiger partial charge in [0.1, 0.15) is 5.82 Å². The molecule has 106 valence electrons. The Hall–Kier alpha value is -1.38. The molecule has 0 aliphatic heterocycles. The summed E-state index contributed by atoms with van der Waals surface area (Å²) in [5.41, 5.74) is 4.40. The summed E-state index contributed by atoms with van der Waals surface area (Å²) in [6.07, 6.45) is 0. The van der Waals surface area contributed by atoms with Gasteiger partial charge < -0.3 is 5.32 Å². The highest BCUT2D eigenvalue weighted by atomic mass is 35.5. The molecule has 0 aliphatic rings. The number of halogens is 2. The summed E-state index contributed by atoms with van der Waals surface area (Å²) in [5, 5.41) is 3.57. The molecule has 2 rings (SSSR count). The molecule has 0 fully saturated rings. The number of rotatable bonds is 4. The minimum absolute atomic E-state index is 0.159. The molecule has 0 unspecified atom stereocenters. The number of benzene rings is 2. The monoisotopic (exact) mass is 291 g/mol. The van der Waals surface area contributed by atoms with Crippen molar-refractivity contribution in [3.63, 3.8) is 0 Å². The van der Waals surface area contributed by atoms with Crippen molar-refractivity contribution in [2.45, 2.75) is 33.4 Å². The van der Waals surface area contributed by atoms with E-state index in [2.05, 4.69) is 37.4 Å². The third kappa shape index (κ3) is 3.59. The van der Waals surface area contributed by atoms with E-state index in [4.69, 9.17) is 11.6 Å². The first kappa shape index (κ1) is 15.0. The van der Waals surface area contributed by atoms with E-state index in [-0.39, 0.29) is 10.8 Å². The highest BCUT2D eigenvalue weighted by Gasteiger charge is 2.08. The van der Waals surface area contributed by atoms with Gasteiger partial charge >= 0.3 is 0 Å². The highest BCUT2D eigenvalue weighted by molar-refractivity contribution is 6.31. The molecule has 0 spiro atoms. The van der Waals surface area contributed by atoms with Crippen LogP contribution in [0.4, 0.5) is 4.39 Å². The van der Waals surface area contributed by atoms with Crippen LogP contribution in [0.15, 0.2) is 36.4 Å². The summed E-state index contributed by atoms with van der Waals surface area (Å²) in [5.74, 6) is -0.384. The van der Waals surface area contributed by atoms with Crippen LogP contribution in [0.5, 0.6) is 0 Å². The second-order valence-electron chi connectivity index (χ2n) is 5.33. The largest absolute Gasteiger partial charge is 0.310 e. The van der Waals surface area contributed by atoms with E-state index < -0.39 is 0 Å². The molecule has 2 aromatic carbocycles. The Kier molecular flexibility index (Phi) is 4.79. The molecule has 0 amide bonds. The van der Waals surface area contributed by atoms with Crippen molar-refractivity contribution in [3.8, 4) is 11.1 Å². The highest BCUT2D eigenvalue weighted by Crippen LogP contribution is 2.28. The Morgan fingerprint density at radius 3 is 2.55 bits per heavy atom. The van der Waals surface area contributed by atoms with Gasteiger partial charge in [-0.15, -0.1) is 0 Å². The van der Waals surface area contributed by atoms with Gasteiger partial charge in [0.25, 0.3) is 0 Å². The molecule has 0 atom stereocenters. The second-order valence-corrected chi connectivity index (χ2v) is 5.73. The van der Waals surface area contributed by atoms with E-state index in [0.717, 1.165) is 17.7 Å². The van der Waals surface area contributed by atoms with Crippen molar-refractivity contribution in [1.29, 1.82) is 0 Å². The Morgan fingerprint density at radius 2 is 1.90 bits per heavy atom. The van der Waals surface area contributed by atoms with Gasteiger partial charge in [0.05, 0.1) is 5.02 Å². The van der Waals surface area contributed by atoms with E-state index >= 15 is 0 Å². The first-order valence-corrected chi connectivity index (χ1v) is 7.13. The lowest BCUT2D eigenvalue weighted by Gasteiger charge is -2.14. The summed E-state index contributed by atoms with van der Waals surface area (Å²) < 4.78 is 13.3. The fraction of sp³-hybridized carbons (Fsp3) is 0.294. The molecule has 0 saturated heterocycles. The SMILES string of the molecule is Cc1ccc(CNC(C)C)c(-c2ccc(F)c(Cl)c2)c1. The summed E-state index contributed by atoms with van der Waals surface area (Å²) in [4.78, 5) is 0. The maximum absolute atomic E-state index is 13.3.